The molecule has 22 heavy (non-hydrogen) atoms. The second-order valence-electron chi connectivity index (χ2n) is 5.67. The monoisotopic (exact) mass is 309 g/mol. The first-order chi connectivity index (χ1) is 10.5. The van der Waals surface area contributed by atoms with E-state index in [1.807, 2.05) is 0 Å². The van der Waals surface area contributed by atoms with Crippen molar-refractivity contribution in [3.05, 3.63) is 29.6 Å². The molecule has 1 saturated heterocycles. The third kappa shape index (κ3) is 2.51. The maximum Gasteiger partial charge on any atom is 0.407 e. The second kappa shape index (κ2) is 5.55. The Kier molecular flexibility index (Phi) is 3.72. The van der Waals surface area contributed by atoms with Crippen LogP contribution in [0.4, 0.5) is 13.6 Å². The van der Waals surface area contributed by atoms with Crippen LogP contribution < -0.4 is 0 Å². The van der Waals surface area contributed by atoms with Crippen LogP contribution in [0.25, 0.3) is 11.0 Å². The average molecular weight is 309 g/mol. The summed E-state index contributed by atoms with van der Waals surface area (Å²) in [5.74, 6) is -1.20. The van der Waals surface area contributed by atoms with Crippen LogP contribution in [0.15, 0.2) is 12.1 Å². The van der Waals surface area contributed by atoms with E-state index >= 15 is 0 Å². The highest BCUT2D eigenvalue weighted by molar-refractivity contribution is 5.76. The Bertz CT molecular complexity index is 729. The summed E-state index contributed by atoms with van der Waals surface area (Å²) in [7, 11) is 1.73. The number of carbonyl (C=O) groups is 1. The van der Waals surface area contributed by atoms with Crippen LogP contribution in [0.3, 0.4) is 0 Å². The summed E-state index contributed by atoms with van der Waals surface area (Å²) < 4.78 is 28.4. The van der Waals surface area contributed by atoms with Crippen molar-refractivity contribution in [3.8, 4) is 0 Å². The van der Waals surface area contributed by atoms with Gasteiger partial charge in [-0.05, 0) is 19.3 Å². The van der Waals surface area contributed by atoms with Crippen molar-refractivity contribution < 1.29 is 18.7 Å². The van der Waals surface area contributed by atoms with Gasteiger partial charge in [-0.3, -0.25) is 0 Å². The van der Waals surface area contributed by atoms with Crippen LogP contribution in [0, 0.1) is 11.6 Å². The highest BCUT2D eigenvalue weighted by Gasteiger charge is 2.28. The largest absolute Gasteiger partial charge is 0.465 e. The lowest BCUT2D eigenvalue weighted by molar-refractivity contribution is 0.106. The average Bonchev–Trinajstić information content (AvgIpc) is 2.76. The smallest absolute Gasteiger partial charge is 0.407 e. The maximum atomic E-state index is 13.4. The van der Waals surface area contributed by atoms with E-state index in [0.29, 0.717) is 29.8 Å². The summed E-state index contributed by atoms with van der Waals surface area (Å²) in [5.41, 5.74) is 0.890. The first kappa shape index (κ1) is 14.7. The molecule has 0 bridgehead atoms. The zero-order chi connectivity index (χ0) is 15.9. The predicted molar refractivity (Wildman–Crippen MR) is 76.7 cm³/mol. The minimum absolute atomic E-state index is 0.142. The summed E-state index contributed by atoms with van der Waals surface area (Å²) in [6, 6.07) is 2.05. The van der Waals surface area contributed by atoms with Gasteiger partial charge in [-0.1, -0.05) is 0 Å². The van der Waals surface area contributed by atoms with Gasteiger partial charge in [0.1, 0.15) is 5.82 Å². The third-order valence-electron chi connectivity index (χ3n) is 4.31. The molecular weight excluding hydrogens is 292 g/mol. The molecule has 7 heteroatoms. The lowest BCUT2D eigenvalue weighted by Gasteiger charge is -2.33. The van der Waals surface area contributed by atoms with Crippen molar-refractivity contribution >= 4 is 17.1 Å². The van der Waals surface area contributed by atoms with Crippen molar-refractivity contribution in [2.24, 2.45) is 7.05 Å². The number of hydrogen-bond acceptors (Lipinski definition) is 2. The van der Waals surface area contributed by atoms with Gasteiger partial charge < -0.3 is 14.6 Å². The molecule has 1 fully saturated rings. The lowest BCUT2D eigenvalue weighted by Crippen LogP contribution is -2.44. The molecule has 0 aliphatic carbocycles. The van der Waals surface area contributed by atoms with Crippen LogP contribution >= 0.6 is 0 Å². The number of carboxylic acid groups (broad SMARTS) is 1. The van der Waals surface area contributed by atoms with Crippen molar-refractivity contribution in [2.75, 3.05) is 6.54 Å². The minimum Gasteiger partial charge on any atom is -0.465 e. The van der Waals surface area contributed by atoms with Crippen LogP contribution in [0.2, 0.25) is 0 Å². The van der Waals surface area contributed by atoms with Crippen LogP contribution in [0.1, 0.15) is 25.1 Å². The Balaban J connectivity index is 1.93. The number of amides is 1. The summed E-state index contributed by atoms with van der Waals surface area (Å²) in [5, 5.41) is 9.27. The molecule has 3 rings (SSSR count). The SMILES string of the molecule is Cn1c(CC2CCCCN2C(=O)O)nc2cc(F)c(F)cc21. The summed E-state index contributed by atoms with van der Waals surface area (Å²) in [6.45, 7) is 0.521. The highest BCUT2D eigenvalue weighted by Crippen LogP contribution is 2.24. The van der Waals surface area contributed by atoms with Crippen LogP contribution in [-0.4, -0.2) is 38.2 Å². The number of halogens is 2. The summed E-state index contributed by atoms with van der Waals surface area (Å²) >= 11 is 0. The molecular formula is C15H17F2N3O2. The van der Waals surface area contributed by atoms with Crippen molar-refractivity contribution in [2.45, 2.75) is 31.7 Å². The Morgan fingerprint density at radius 2 is 2.09 bits per heavy atom. The number of rotatable bonds is 2. The van der Waals surface area contributed by atoms with Gasteiger partial charge in [-0.25, -0.2) is 18.6 Å². The van der Waals surface area contributed by atoms with E-state index in [4.69, 9.17) is 0 Å². The molecule has 1 aliphatic heterocycles. The molecule has 0 saturated carbocycles. The number of benzene rings is 1. The van der Waals surface area contributed by atoms with E-state index in [1.165, 1.54) is 4.90 Å². The van der Waals surface area contributed by atoms with Gasteiger partial charge in [0.15, 0.2) is 11.6 Å². The third-order valence-corrected chi connectivity index (χ3v) is 4.31. The fourth-order valence-electron chi connectivity index (χ4n) is 3.10. The molecule has 5 nitrogen and oxygen atoms in total. The molecule has 1 aliphatic rings. The van der Waals surface area contributed by atoms with Crippen molar-refractivity contribution in [1.82, 2.24) is 14.5 Å². The summed E-state index contributed by atoms with van der Waals surface area (Å²) in [4.78, 5) is 17.1. The predicted octanol–water partition coefficient (Wildman–Crippen LogP) is 2.93. The van der Waals surface area contributed by atoms with Gasteiger partial charge in [0.2, 0.25) is 0 Å². The topological polar surface area (TPSA) is 58.4 Å². The standard InChI is InChI=1S/C15H17F2N3O2/c1-19-13-8-11(17)10(16)7-12(13)18-14(19)6-9-4-2-3-5-20(9)15(21)22/h7-9H,2-6H2,1H3,(H,21,22). The molecule has 1 amide bonds. The Morgan fingerprint density at radius 1 is 1.36 bits per heavy atom. The normalized spacial score (nSPS) is 18.9. The molecule has 1 N–H and O–H groups in total. The van der Waals surface area contributed by atoms with E-state index in [2.05, 4.69) is 4.98 Å². The summed E-state index contributed by atoms with van der Waals surface area (Å²) in [6.07, 6.45) is 2.13. The molecule has 1 aromatic heterocycles. The minimum atomic E-state index is -0.930. The first-order valence-electron chi connectivity index (χ1n) is 7.27. The van der Waals surface area contributed by atoms with Gasteiger partial charge in [-0.15, -0.1) is 0 Å². The van der Waals surface area contributed by atoms with Gasteiger partial charge in [-0.2, -0.15) is 0 Å². The quantitative estimate of drug-likeness (QED) is 0.928. The number of likely N-dealkylation sites (tertiary alicyclic amines) is 1. The molecule has 2 heterocycles. The van der Waals surface area contributed by atoms with Gasteiger partial charge in [0, 0.05) is 38.2 Å². The number of aromatic nitrogens is 2. The molecule has 1 atom stereocenters. The second-order valence-corrected chi connectivity index (χ2v) is 5.67. The maximum absolute atomic E-state index is 13.4. The van der Waals surface area contributed by atoms with Crippen molar-refractivity contribution in [3.63, 3.8) is 0 Å². The highest BCUT2D eigenvalue weighted by atomic mass is 19.2. The van der Waals surface area contributed by atoms with Gasteiger partial charge in [0.05, 0.1) is 11.0 Å². The fraction of sp³-hybridized carbons (Fsp3) is 0.467. The van der Waals surface area contributed by atoms with Crippen molar-refractivity contribution in [1.29, 1.82) is 0 Å². The number of fused-ring (bicyclic) bond motifs is 1. The Morgan fingerprint density at radius 3 is 2.82 bits per heavy atom. The van der Waals surface area contributed by atoms with Gasteiger partial charge in [0.25, 0.3) is 0 Å². The number of hydrogen-bond donors (Lipinski definition) is 1. The molecule has 2 aromatic rings. The number of piperidine rings is 1. The molecule has 0 radical (unpaired) electrons. The zero-order valence-electron chi connectivity index (χ0n) is 12.2. The lowest BCUT2D eigenvalue weighted by atomic mass is 9.99. The molecule has 1 unspecified atom stereocenters. The van der Waals surface area contributed by atoms with E-state index < -0.39 is 17.7 Å². The number of aryl methyl sites for hydroxylation is 1. The number of nitrogens with zero attached hydrogens (tertiary/aromatic N) is 3. The first-order valence-corrected chi connectivity index (χ1v) is 7.27. The Hall–Kier alpha value is -2.18. The Labute approximate surface area is 126 Å². The van der Waals surface area contributed by atoms with E-state index in [-0.39, 0.29) is 6.04 Å². The fourth-order valence-corrected chi connectivity index (χ4v) is 3.10. The number of imidazole rings is 1. The van der Waals surface area contributed by atoms with E-state index in [9.17, 15) is 18.7 Å². The van der Waals surface area contributed by atoms with E-state index in [1.54, 1.807) is 11.6 Å². The van der Waals surface area contributed by atoms with E-state index in [0.717, 1.165) is 31.4 Å². The molecule has 118 valence electrons. The van der Waals surface area contributed by atoms with Crippen LogP contribution in [-0.2, 0) is 13.5 Å². The molecule has 0 spiro atoms. The van der Waals surface area contributed by atoms with Gasteiger partial charge >= 0.3 is 6.09 Å². The van der Waals surface area contributed by atoms with Crippen LogP contribution in [0.5, 0.6) is 0 Å². The zero-order valence-corrected chi connectivity index (χ0v) is 12.2. The molecule has 1 aromatic carbocycles.